The van der Waals surface area contributed by atoms with Crippen molar-refractivity contribution in [1.29, 1.82) is 0 Å². The van der Waals surface area contributed by atoms with E-state index < -0.39 is 0 Å². The minimum Gasteiger partial charge on any atom is -0.369 e. The highest BCUT2D eigenvalue weighted by Gasteiger charge is 2.32. The van der Waals surface area contributed by atoms with Gasteiger partial charge in [0, 0.05) is 0 Å². The summed E-state index contributed by atoms with van der Waals surface area (Å²) in [7, 11) is 0. The van der Waals surface area contributed by atoms with Gasteiger partial charge in [0.05, 0.1) is 11.2 Å². The molecule has 0 aromatic carbocycles. The molecule has 0 aliphatic heterocycles. The van der Waals surface area contributed by atoms with Crippen molar-refractivity contribution < 1.29 is 4.74 Å². The quantitative estimate of drug-likeness (QED) is 0.476. The second-order valence-corrected chi connectivity index (χ2v) is 5.92. The Balaban J connectivity index is 4.47. The summed E-state index contributed by atoms with van der Waals surface area (Å²) in [5, 5.41) is 0. The lowest BCUT2D eigenvalue weighted by molar-refractivity contribution is -0.152. The van der Waals surface area contributed by atoms with Crippen LogP contribution in [0.3, 0.4) is 0 Å². The molecule has 0 bridgehead atoms. The van der Waals surface area contributed by atoms with Gasteiger partial charge in [0.1, 0.15) is 0 Å². The number of hydrogen-bond donors (Lipinski definition) is 0. The van der Waals surface area contributed by atoms with Crippen LogP contribution in [0.5, 0.6) is 0 Å². The van der Waals surface area contributed by atoms with Crippen molar-refractivity contribution in [3.05, 3.63) is 0 Å². The lowest BCUT2D eigenvalue weighted by atomic mass is 9.90. The van der Waals surface area contributed by atoms with Crippen molar-refractivity contribution in [2.45, 2.75) is 104 Å². The van der Waals surface area contributed by atoms with Gasteiger partial charge in [-0.3, -0.25) is 0 Å². The van der Waals surface area contributed by atoms with E-state index in [-0.39, 0.29) is 11.2 Å². The topological polar surface area (TPSA) is 9.23 Å². The molecule has 104 valence electrons. The van der Waals surface area contributed by atoms with Gasteiger partial charge in [0.2, 0.25) is 0 Å². The minimum atomic E-state index is 0.0779. The standard InChI is InChI=1S/C16H34O/c1-7-11-13-15(5,9-3)17-16(6,10-4)14-12-8-2/h7-14H2,1-6H3. The first kappa shape index (κ1) is 17.0. The van der Waals surface area contributed by atoms with E-state index in [1.54, 1.807) is 0 Å². The monoisotopic (exact) mass is 242 g/mol. The third-order valence-electron chi connectivity index (χ3n) is 4.11. The van der Waals surface area contributed by atoms with Gasteiger partial charge in [0.25, 0.3) is 0 Å². The molecule has 2 unspecified atom stereocenters. The zero-order valence-corrected chi connectivity index (χ0v) is 13.1. The average Bonchev–Trinajstić information content (AvgIpc) is 2.34. The molecule has 0 saturated carbocycles. The molecule has 0 N–H and O–H groups in total. The summed E-state index contributed by atoms with van der Waals surface area (Å²) in [6.07, 6.45) is 9.70. The molecule has 0 aromatic rings. The molecule has 0 amide bonds. The zero-order valence-electron chi connectivity index (χ0n) is 13.1. The number of rotatable bonds is 10. The Bertz CT molecular complexity index is 170. The summed E-state index contributed by atoms with van der Waals surface area (Å²) in [6.45, 7) is 13.6. The molecule has 17 heavy (non-hydrogen) atoms. The van der Waals surface area contributed by atoms with Gasteiger partial charge in [-0.1, -0.05) is 53.4 Å². The molecule has 0 radical (unpaired) electrons. The molecule has 1 nitrogen and oxygen atoms in total. The Morgan fingerprint density at radius 3 is 1.29 bits per heavy atom. The molecular formula is C16H34O. The van der Waals surface area contributed by atoms with E-state index in [1.165, 1.54) is 38.5 Å². The van der Waals surface area contributed by atoms with Gasteiger partial charge in [0.15, 0.2) is 0 Å². The molecule has 0 fully saturated rings. The van der Waals surface area contributed by atoms with Crippen LogP contribution in [0.1, 0.15) is 92.9 Å². The van der Waals surface area contributed by atoms with Crippen LogP contribution in [0.2, 0.25) is 0 Å². The van der Waals surface area contributed by atoms with Crippen molar-refractivity contribution in [3.63, 3.8) is 0 Å². The predicted molar refractivity (Wildman–Crippen MR) is 77.5 cm³/mol. The SMILES string of the molecule is CCCCC(C)(CC)OC(C)(CC)CCCC. The van der Waals surface area contributed by atoms with Gasteiger partial charge in [-0.25, -0.2) is 0 Å². The first-order chi connectivity index (χ1) is 7.95. The third kappa shape index (κ3) is 6.45. The smallest absolute Gasteiger partial charge is 0.0659 e. The van der Waals surface area contributed by atoms with Gasteiger partial charge in [-0.15, -0.1) is 0 Å². The summed E-state index contributed by atoms with van der Waals surface area (Å²) in [4.78, 5) is 0. The van der Waals surface area contributed by atoms with Gasteiger partial charge < -0.3 is 4.74 Å². The number of hydrogen-bond acceptors (Lipinski definition) is 1. The molecule has 0 aliphatic rings. The first-order valence-electron chi connectivity index (χ1n) is 7.65. The highest BCUT2D eigenvalue weighted by Crippen LogP contribution is 2.33. The molecular weight excluding hydrogens is 208 g/mol. The van der Waals surface area contributed by atoms with Gasteiger partial charge >= 0.3 is 0 Å². The predicted octanol–water partition coefficient (Wildman–Crippen LogP) is 5.72. The molecule has 0 saturated heterocycles. The van der Waals surface area contributed by atoms with E-state index in [2.05, 4.69) is 41.5 Å². The maximum Gasteiger partial charge on any atom is 0.0659 e. The molecule has 0 aromatic heterocycles. The Hall–Kier alpha value is -0.0400. The van der Waals surface area contributed by atoms with Crippen LogP contribution in [0.4, 0.5) is 0 Å². The minimum absolute atomic E-state index is 0.0779. The third-order valence-corrected chi connectivity index (χ3v) is 4.11. The Kier molecular flexibility index (Phi) is 8.11. The zero-order chi connectivity index (χ0) is 13.4. The molecule has 0 rings (SSSR count). The molecule has 0 aliphatic carbocycles. The fraction of sp³-hybridized carbons (Fsp3) is 1.00. The van der Waals surface area contributed by atoms with Gasteiger partial charge in [-0.05, 0) is 39.5 Å². The Labute approximate surface area is 109 Å². The molecule has 0 spiro atoms. The maximum absolute atomic E-state index is 6.53. The fourth-order valence-corrected chi connectivity index (χ4v) is 2.30. The van der Waals surface area contributed by atoms with Crippen LogP contribution in [0.15, 0.2) is 0 Å². The second-order valence-electron chi connectivity index (χ2n) is 5.92. The lowest BCUT2D eigenvalue weighted by Crippen LogP contribution is -2.40. The van der Waals surface area contributed by atoms with Crippen molar-refractivity contribution in [2.75, 3.05) is 0 Å². The van der Waals surface area contributed by atoms with Crippen LogP contribution in [-0.4, -0.2) is 11.2 Å². The van der Waals surface area contributed by atoms with E-state index in [9.17, 15) is 0 Å². The van der Waals surface area contributed by atoms with Crippen LogP contribution >= 0.6 is 0 Å². The van der Waals surface area contributed by atoms with E-state index in [0.717, 1.165) is 12.8 Å². The molecule has 2 atom stereocenters. The van der Waals surface area contributed by atoms with Gasteiger partial charge in [-0.2, -0.15) is 0 Å². The lowest BCUT2D eigenvalue weighted by Gasteiger charge is -2.40. The summed E-state index contributed by atoms with van der Waals surface area (Å²) in [5.74, 6) is 0. The fourth-order valence-electron chi connectivity index (χ4n) is 2.30. The summed E-state index contributed by atoms with van der Waals surface area (Å²) >= 11 is 0. The summed E-state index contributed by atoms with van der Waals surface area (Å²) < 4.78 is 6.53. The normalized spacial score (nSPS) is 18.7. The van der Waals surface area contributed by atoms with E-state index >= 15 is 0 Å². The first-order valence-corrected chi connectivity index (χ1v) is 7.65. The van der Waals surface area contributed by atoms with E-state index in [4.69, 9.17) is 4.74 Å². The van der Waals surface area contributed by atoms with Crippen LogP contribution < -0.4 is 0 Å². The maximum atomic E-state index is 6.53. The average molecular weight is 242 g/mol. The van der Waals surface area contributed by atoms with Crippen molar-refractivity contribution in [3.8, 4) is 0 Å². The number of ether oxygens (including phenoxy) is 1. The Morgan fingerprint density at radius 1 is 0.706 bits per heavy atom. The molecule has 1 heteroatoms. The molecule has 0 heterocycles. The van der Waals surface area contributed by atoms with E-state index in [1.807, 2.05) is 0 Å². The van der Waals surface area contributed by atoms with Crippen LogP contribution in [-0.2, 0) is 4.74 Å². The highest BCUT2D eigenvalue weighted by atomic mass is 16.5. The van der Waals surface area contributed by atoms with Crippen molar-refractivity contribution in [2.24, 2.45) is 0 Å². The second kappa shape index (κ2) is 8.13. The Morgan fingerprint density at radius 2 is 1.06 bits per heavy atom. The highest BCUT2D eigenvalue weighted by molar-refractivity contribution is 4.82. The van der Waals surface area contributed by atoms with Crippen molar-refractivity contribution >= 4 is 0 Å². The summed E-state index contributed by atoms with van der Waals surface area (Å²) in [6, 6.07) is 0. The number of unbranched alkanes of at least 4 members (excludes halogenated alkanes) is 2. The van der Waals surface area contributed by atoms with Crippen LogP contribution in [0, 0.1) is 0 Å². The van der Waals surface area contributed by atoms with Crippen molar-refractivity contribution in [1.82, 2.24) is 0 Å². The largest absolute Gasteiger partial charge is 0.369 e. The summed E-state index contributed by atoms with van der Waals surface area (Å²) in [5.41, 5.74) is 0.156. The van der Waals surface area contributed by atoms with E-state index in [0.29, 0.717) is 0 Å². The van der Waals surface area contributed by atoms with Crippen LogP contribution in [0.25, 0.3) is 0 Å².